The number of thiol groups is 1. The van der Waals surface area contributed by atoms with Gasteiger partial charge in [-0.1, -0.05) is 0 Å². The zero-order valence-electron chi connectivity index (χ0n) is 7.65. The van der Waals surface area contributed by atoms with Crippen molar-refractivity contribution in [3.63, 3.8) is 0 Å². The number of aliphatic hydroxyl groups excluding tert-OH is 2. The highest BCUT2D eigenvalue weighted by atomic mass is 32.1. The van der Waals surface area contributed by atoms with Crippen LogP contribution in [0.5, 0.6) is 0 Å². The first-order chi connectivity index (χ1) is 6.26. The smallest absolute Gasteiger partial charge is 0.222 e. The van der Waals surface area contributed by atoms with Crippen molar-refractivity contribution in [2.45, 2.75) is 12.8 Å². The SMILES string of the molecule is O=C(CCCS)N(CCO)CCO. The molecule has 0 aromatic heterocycles. The minimum Gasteiger partial charge on any atom is -0.395 e. The van der Waals surface area contributed by atoms with Gasteiger partial charge in [0.15, 0.2) is 0 Å². The number of aliphatic hydroxyl groups is 2. The molecule has 0 aromatic rings. The number of amides is 1. The van der Waals surface area contributed by atoms with Crippen molar-refractivity contribution in [2.24, 2.45) is 0 Å². The van der Waals surface area contributed by atoms with E-state index in [1.54, 1.807) is 0 Å². The Morgan fingerprint density at radius 3 is 2.15 bits per heavy atom. The van der Waals surface area contributed by atoms with Gasteiger partial charge >= 0.3 is 0 Å². The van der Waals surface area contributed by atoms with Gasteiger partial charge in [0.25, 0.3) is 0 Å². The van der Waals surface area contributed by atoms with Crippen LogP contribution in [-0.2, 0) is 4.79 Å². The number of rotatable bonds is 7. The number of carbonyl (C=O) groups excluding carboxylic acids is 1. The molecule has 78 valence electrons. The van der Waals surface area contributed by atoms with Crippen LogP contribution in [0, 0.1) is 0 Å². The number of carbonyl (C=O) groups is 1. The van der Waals surface area contributed by atoms with Crippen LogP contribution in [0.4, 0.5) is 0 Å². The molecule has 1 amide bonds. The molecule has 0 aliphatic rings. The summed E-state index contributed by atoms with van der Waals surface area (Å²) in [6.07, 6.45) is 1.17. The van der Waals surface area contributed by atoms with Crippen LogP contribution in [0.25, 0.3) is 0 Å². The van der Waals surface area contributed by atoms with Gasteiger partial charge in [-0.25, -0.2) is 0 Å². The molecule has 0 aliphatic heterocycles. The standard InChI is InChI=1S/C8H17NO3S/c10-5-3-9(4-6-11)8(12)2-1-7-13/h10-11,13H,1-7H2. The fraction of sp³-hybridized carbons (Fsp3) is 0.875. The molecule has 0 aromatic carbocycles. The molecule has 13 heavy (non-hydrogen) atoms. The molecular weight excluding hydrogens is 190 g/mol. The fourth-order valence-electron chi connectivity index (χ4n) is 0.991. The summed E-state index contributed by atoms with van der Waals surface area (Å²) < 4.78 is 0. The Labute approximate surface area is 84.0 Å². The lowest BCUT2D eigenvalue weighted by molar-refractivity contribution is -0.132. The van der Waals surface area contributed by atoms with Crippen LogP contribution in [-0.4, -0.2) is 53.1 Å². The number of nitrogens with zero attached hydrogens (tertiary/aromatic N) is 1. The van der Waals surface area contributed by atoms with Gasteiger partial charge in [0.05, 0.1) is 13.2 Å². The van der Waals surface area contributed by atoms with E-state index in [1.165, 1.54) is 4.90 Å². The normalized spacial score (nSPS) is 10.1. The molecule has 0 radical (unpaired) electrons. The Kier molecular flexibility index (Phi) is 8.18. The van der Waals surface area contributed by atoms with Crippen molar-refractivity contribution in [3.8, 4) is 0 Å². The van der Waals surface area contributed by atoms with E-state index in [0.29, 0.717) is 25.3 Å². The Hall–Kier alpha value is -0.260. The molecule has 4 nitrogen and oxygen atoms in total. The number of hydrogen-bond donors (Lipinski definition) is 3. The van der Waals surface area contributed by atoms with E-state index in [0.717, 1.165) is 6.42 Å². The molecule has 0 fully saturated rings. The lowest BCUT2D eigenvalue weighted by Crippen LogP contribution is -2.35. The topological polar surface area (TPSA) is 60.8 Å². The largest absolute Gasteiger partial charge is 0.395 e. The molecule has 2 N–H and O–H groups in total. The second kappa shape index (κ2) is 8.34. The average molecular weight is 207 g/mol. The van der Waals surface area contributed by atoms with Crippen LogP contribution >= 0.6 is 12.6 Å². The van der Waals surface area contributed by atoms with Crippen molar-refractivity contribution in [1.29, 1.82) is 0 Å². The quantitative estimate of drug-likeness (QED) is 0.494. The van der Waals surface area contributed by atoms with Gasteiger partial charge in [-0.2, -0.15) is 12.6 Å². The first-order valence-corrected chi connectivity index (χ1v) is 4.99. The van der Waals surface area contributed by atoms with Crippen molar-refractivity contribution in [2.75, 3.05) is 32.1 Å². The second-order valence-electron chi connectivity index (χ2n) is 2.66. The zero-order chi connectivity index (χ0) is 10.1. The predicted octanol–water partition coefficient (Wildman–Crippen LogP) is -0.490. The van der Waals surface area contributed by atoms with Crippen molar-refractivity contribution >= 4 is 18.5 Å². The molecule has 0 aliphatic carbocycles. The van der Waals surface area contributed by atoms with Gasteiger partial charge in [-0.3, -0.25) is 4.79 Å². The Balaban J connectivity index is 3.80. The summed E-state index contributed by atoms with van der Waals surface area (Å²) in [7, 11) is 0. The summed E-state index contributed by atoms with van der Waals surface area (Å²) in [6, 6.07) is 0. The maximum atomic E-state index is 11.4. The monoisotopic (exact) mass is 207 g/mol. The Morgan fingerprint density at radius 2 is 1.77 bits per heavy atom. The van der Waals surface area contributed by atoms with Crippen LogP contribution in [0.2, 0.25) is 0 Å². The minimum atomic E-state index is -0.0629. The average Bonchev–Trinajstić information content (AvgIpc) is 2.14. The van der Waals surface area contributed by atoms with E-state index >= 15 is 0 Å². The summed E-state index contributed by atoms with van der Waals surface area (Å²) >= 11 is 4.00. The summed E-state index contributed by atoms with van der Waals surface area (Å²) in [5.41, 5.74) is 0. The second-order valence-corrected chi connectivity index (χ2v) is 3.10. The third-order valence-corrected chi connectivity index (χ3v) is 1.96. The van der Waals surface area contributed by atoms with Gasteiger partial charge in [0.2, 0.25) is 5.91 Å². The molecule has 0 atom stereocenters. The van der Waals surface area contributed by atoms with Gasteiger partial charge < -0.3 is 15.1 Å². The van der Waals surface area contributed by atoms with Crippen LogP contribution in [0.3, 0.4) is 0 Å². The highest BCUT2D eigenvalue weighted by Crippen LogP contribution is 1.98. The molecular formula is C8H17NO3S. The van der Waals surface area contributed by atoms with Crippen LogP contribution < -0.4 is 0 Å². The lowest BCUT2D eigenvalue weighted by atomic mass is 10.3. The molecule has 0 saturated carbocycles. The first kappa shape index (κ1) is 12.7. The third-order valence-electron chi connectivity index (χ3n) is 1.64. The molecule has 0 spiro atoms. The highest BCUT2D eigenvalue weighted by molar-refractivity contribution is 7.80. The van der Waals surface area contributed by atoms with Gasteiger partial charge in [0, 0.05) is 19.5 Å². The van der Waals surface area contributed by atoms with Crippen molar-refractivity contribution in [3.05, 3.63) is 0 Å². The summed E-state index contributed by atoms with van der Waals surface area (Å²) in [4.78, 5) is 12.8. The van der Waals surface area contributed by atoms with E-state index in [-0.39, 0.29) is 19.1 Å². The lowest BCUT2D eigenvalue weighted by Gasteiger charge is -2.20. The Morgan fingerprint density at radius 1 is 1.23 bits per heavy atom. The van der Waals surface area contributed by atoms with E-state index in [2.05, 4.69) is 12.6 Å². The molecule has 0 unspecified atom stereocenters. The highest BCUT2D eigenvalue weighted by Gasteiger charge is 2.10. The summed E-state index contributed by atoms with van der Waals surface area (Å²) in [5.74, 6) is 0.648. The molecule has 0 bridgehead atoms. The maximum Gasteiger partial charge on any atom is 0.222 e. The maximum absolute atomic E-state index is 11.4. The number of hydrogen-bond acceptors (Lipinski definition) is 4. The molecule has 0 heterocycles. The minimum absolute atomic E-state index is 0.0304. The molecule has 0 saturated heterocycles. The zero-order valence-corrected chi connectivity index (χ0v) is 8.54. The summed E-state index contributed by atoms with van der Waals surface area (Å²) in [6.45, 7) is 0.469. The predicted molar refractivity (Wildman–Crippen MR) is 53.8 cm³/mol. The fourth-order valence-corrected chi connectivity index (χ4v) is 1.15. The third kappa shape index (κ3) is 5.90. The van der Waals surface area contributed by atoms with E-state index in [4.69, 9.17) is 10.2 Å². The van der Waals surface area contributed by atoms with E-state index in [9.17, 15) is 4.79 Å². The van der Waals surface area contributed by atoms with Crippen molar-refractivity contribution in [1.82, 2.24) is 4.90 Å². The van der Waals surface area contributed by atoms with Crippen LogP contribution in [0.15, 0.2) is 0 Å². The van der Waals surface area contributed by atoms with Gasteiger partial charge in [0.1, 0.15) is 0 Å². The summed E-state index contributed by atoms with van der Waals surface area (Å²) in [5, 5.41) is 17.3. The molecule has 5 heteroatoms. The van der Waals surface area contributed by atoms with Crippen molar-refractivity contribution < 1.29 is 15.0 Å². The van der Waals surface area contributed by atoms with E-state index in [1.807, 2.05) is 0 Å². The first-order valence-electron chi connectivity index (χ1n) is 4.36. The van der Waals surface area contributed by atoms with Crippen LogP contribution in [0.1, 0.15) is 12.8 Å². The van der Waals surface area contributed by atoms with Gasteiger partial charge in [-0.05, 0) is 12.2 Å². The molecule has 0 rings (SSSR count). The van der Waals surface area contributed by atoms with Gasteiger partial charge in [-0.15, -0.1) is 0 Å². The Bertz CT molecular complexity index is 137. The van der Waals surface area contributed by atoms with E-state index < -0.39 is 0 Å².